The van der Waals surface area contributed by atoms with Crippen LogP contribution in [-0.2, 0) is 0 Å². The van der Waals surface area contributed by atoms with E-state index in [1.807, 2.05) is 41.3 Å². The normalized spacial score (nSPS) is 19.2. The number of hydrogen-bond acceptors (Lipinski definition) is 5. The van der Waals surface area contributed by atoms with Crippen molar-refractivity contribution in [2.24, 2.45) is 0 Å². The molecule has 0 radical (unpaired) electrons. The quantitative estimate of drug-likeness (QED) is 0.562. The number of nitrogens with zero attached hydrogens (tertiary/aromatic N) is 2. The van der Waals surface area contributed by atoms with Gasteiger partial charge in [0, 0.05) is 17.3 Å². The van der Waals surface area contributed by atoms with Gasteiger partial charge < -0.3 is 24.0 Å². The van der Waals surface area contributed by atoms with Crippen LogP contribution in [0, 0.1) is 0 Å². The largest absolute Gasteiger partial charge is 0.493 e. The van der Waals surface area contributed by atoms with Gasteiger partial charge in [0.2, 0.25) is 0 Å². The Balaban J connectivity index is 1.53. The minimum absolute atomic E-state index is 0.0144. The first-order valence-electron chi connectivity index (χ1n) is 11.3. The maximum absolute atomic E-state index is 13.7. The maximum atomic E-state index is 13.7. The average molecular weight is 445 g/mol. The van der Waals surface area contributed by atoms with Gasteiger partial charge in [-0.1, -0.05) is 30.3 Å². The van der Waals surface area contributed by atoms with Gasteiger partial charge in [-0.2, -0.15) is 0 Å². The number of amides is 1. The standard InChI is InChI=1S/C27H28N2O4/c1-18-16-23(28-14-15-33-24-11-7-6-10-22(24)28)20-8-4-5-9-21(20)29(18)27(30)19-12-13-25(31-2)26(17-19)32-3/h4-13,17-18,23H,14-16H2,1-3H3. The molecule has 2 aliphatic rings. The van der Waals surface area contributed by atoms with Gasteiger partial charge in [-0.05, 0) is 55.3 Å². The molecule has 0 fully saturated rings. The molecule has 2 unspecified atom stereocenters. The second-order valence-corrected chi connectivity index (χ2v) is 8.41. The van der Waals surface area contributed by atoms with Crippen molar-refractivity contribution in [1.29, 1.82) is 0 Å². The smallest absolute Gasteiger partial charge is 0.258 e. The third kappa shape index (κ3) is 3.65. The molecular formula is C27H28N2O4. The highest BCUT2D eigenvalue weighted by Crippen LogP contribution is 2.45. The number of para-hydroxylation sites is 3. The van der Waals surface area contributed by atoms with Crippen molar-refractivity contribution in [3.63, 3.8) is 0 Å². The summed E-state index contributed by atoms with van der Waals surface area (Å²) in [5, 5.41) is 0. The minimum Gasteiger partial charge on any atom is -0.493 e. The molecule has 0 N–H and O–H groups in total. The summed E-state index contributed by atoms with van der Waals surface area (Å²) < 4.78 is 16.7. The molecule has 0 bridgehead atoms. The zero-order chi connectivity index (χ0) is 22.9. The fraction of sp³-hybridized carbons (Fsp3) is 0.296. The number of carbonyl (C=O) groups is 1. The van der Waals surface area contributed by atoms with Gasteiger partial charge in [0.05, 0.1) is 32.5 Å². The number of anilines is 2. The Morgan fingerprint density at radius 1 is 0.939 bits per heavy atom. The molecule has 170 valence electrons. The fourth-order valence-corrected chi connectivity index (χ4v) is 5.01. The molecule has 0 aromatic heterocycles. The summed E-state index contributed by atoms with van der Waals surface area (Å²) in [7, 11) is 3.17. The van der Waals surface area contributed by atoms with Crippen molar-refractivity contribution >= 4 is 17.3 Å². The van der Waals surface area contributed by atoms with Gasteiger partial charge in [-0.15, -0.1) is 0 Å². The summed E-state index contributed by atoms with van der Waals surface area (Å²) in [6, 6.07) is 21.9. The first-order chi connectivity index (χ1) is 16.1. The van der Waals surface area contributed by atoms with Crippen LogP contribution < -0.4 is 24.0 Å². The van der Waals surface area contributed by atoms with Crippen molar-refractivity contribution in [1.82, 2.24) is 0 Å². The van der Waals surface area contributed by atoms with Gasteiger partial charge >= 0.3 is 0 Å². The molecule has 3 aromatic carbocycles. The van der Waals surface area contributed by atoms with Crippen molar-refractivity contribution in [2.45, 2.75) is 25.4 Å². The van der Waals surface area contributed by atoms with E-state index in [1.54, 1.807) is 32.4 Å². The van der Waals surface area contributed by atoms with E-state index in [0.717, 1.165) is 35.7 Å². The molecule has 0 saturated heterocycles. The predicted octanol–water partition coefficient (Wildman–Crippen LogP) is 5.08. The second kappa shape index (κ2) is 8.70. The molecule has 6 nitrogen and oxygen atoms in total. The summed E-state index contributed by atoms with van der Waals surface area (Å²) in [5.41, 5.74) is 3.78. The Labute approximate surface area is 194 Å². The van der Waals surface area contributed by atoms with E-state index in [1.165, 1.54) is 0 Å². The van der Waals surface area contributed by atoms with Gasteiger partial charge in [-0.3, -0.25) is 4.79 Å². The zero-order valence-corrected chi connectivity index (χ0v) is 19.2. The SMILES string of the molecule is COc1ccc(C(=O)N2c3ccccc3C(N3CCOc4ccccc43)CC2C)cc1OC. The van der Waals surface area contributed by atoms with Crippen LogP contribution in [0.15, 0.2) is 66.7 Å². The molecule has 5 rings (SSSR count). The Hall–Kier alpha value is -3.67. The molecular weight excluding hydrogens is 416 g/mol. The van der Waals surface area contributed by atoms with Crippen LogP contribution >= 0.6 is 0 Å². The van der Waals surface area contributed by atoms with Gasteiger partial charge in [0.1, 0.15) is 12.4 Å². The highest BCUT2D eigenvalue weighted by molar-refractivity contribution is 6.07. The molecule has 33 heavy (non-hydrogen) atoms. The Bertz CT molecular complexity index is 1180. The average Bonchev–Trinajstić information content (AvgIpc) is 2.87. The number of rotatable bonds is 4. The third-order valence-corrected chi connectivity index (χ3v) is 6.55. The van der Waals surface area contributed by atoms with E-state index in [9.17, 15) is 4.79 Å². The molecule has 3 aromatic rings. The van der Waals surface area contributed by atoms with Crippen molar-refractivity contribution < 1.29 is 19.0 Å². The lowest BCUT2D eigenvalue weighted by molar-refractivity contribution is 0.0972. The fourth-order valence-electron chi connectivity index (χ4n) is 5.01. The summed E-state index contributed by atoms with van der Waals surface area (Å²) in [4.78, 5) is 18.1. The molecule has 0 aliphatic carbocycles. The third-order valence-electron chi connectivity index (χ3n) is 6.55. The van der Waals surface area contributed by atoms with Crippen molar-refractivity contribution in [2.75, 3.05) is 37.2 Å². The van der Waals surface area contributed by atoms with Gasteiger partial charge in [0.15, 0.2) is 11.5 Å². The number of benzene rings is 3. The van der Waals surface area contributed by atoms with Crippen LogP contribution in [0.4, 0.5) is 11.4 Å². The monoisotopic (exact) mass is 444 g/mol. The van der Waals surface area contributed by atoms with E-state index in [-0.39, 0.29) is 18.0 Å². The van der Waals surface area contributed by atoms with Crippen molar-refractivity contribution in [3.8, 4) is 17.2 Å². The topological polar surface area (TPSA) is 51.2 Å². The highest BCUT2D eigenvalue weighted by atomic mass is 16.5. The van der Waals surface area contributed by atoms with Crippen LogP contribution in [0.2, 0.25) is 0 Å². The lowest BCUT2D eigenvalue weighted by atomic mass is 9.89. The molecule has 2 aliphatic heterocycles. The van der Waals surface area contributed by atoms with Gasteiger partial charge in [0.25, 0.3) is 5.91 Å². The van der Waals surface area contributed by atoms with E-state index in [2.05, 4.69) is 24.0 Å². The van der Waals surface area contributed by atoms with Crippen LogP contribution in [0.25, 0.3) is 0 Å². The second-order valence-electron chi connectivity index (χ2n) is 8.41. The lowest BCUT2D eigenvalue weighted by Crippen LogP contribution is -2.47. The number of methoxy groups -OCH3 is 2. The van der Waals surface area contributed by atoms with E-state index < -0.39 is 0 Å². The maximum Gasteiger partial charge on any atom is 0.258 e. The first-order valence-corrected chi connectivity index (χ1v) is 11.3. The summed E-state index contributed by atoms with van der Waals surface area (Å²) >= 11 is 0. The van der Waals surface area contributed by atoms with E-state index in [0.29, 0.717) is 23.7 Å². The lowest BCUT2D eigenvalue weighted by Gasteiger charge is -2.45. The van der Waals surface area contributed by atoms with Crippen LogP contribution in [0.1, 0.15) is 35.3 Å². The highest BCUT2D eigenvalue weighted by Gasteiger charge is 2.38. The molecule has 2 heterocycles. The van der Waals surface area contributed by atoms with Crippen LogP contribution in [0.3, 0.4) is 0 Å². The van der Waals surface area contributed by atoms with Crippen LogP contribution in [-0.4, -0.2) is 39.3 Å². The molecule has 0 spiro atoms. The number of ether oxygens (including phenoxy) is 3. The summed E-state index contributed by atoms with van der Waals surface area (Å²) in [6.07, 6.45) is 0.824. The molecule has 1 amide bonds. The van der Waals surface area contributed by atoms with E-state index in [4.69, 9.17) is 14.2 Å². The Morgan fingerprint density at radius 3 is 2.45 bits per heavy atom. The Kier molecular flexibility index (Phi) is 5.58. The van der Waals surface area contributed by atoms with Crippen LogP contribution in [0.5, 0.6) is 17.2 Å². The van der Waals surface area contributed by atoms with Crippen molar-refractivity contribution in [3.05, 3.63) is 77.9 Å². The minimum atomic E-state index is -0.0447. The number of carbonyl (C=O) groups excluding carboxylic acids is 1. The molecule has 0 saturated carbocycles. The molecule has 2 atom stereocenters. The number of fused-ring (bicyclic) bond motifs is 2. The molecule has 6 heteroatoms. The zero-order valence-electron chi connectivity index (χ0n) is 19.2. The van der Waals surface area contributed by atoms with E-state index >= 15 is 0 Å². The van der Waals surface area contributed by atoms with Gasteiger partial charge in [-0.25, -0.2) is 0 Å². The Morgan fingerprint density at radius 2 is 1.67 bits per heavy atom. The summed E-state index contributed by atoms with van der Waals surface area (Å²) in [5.74, 6) is 2.02. The summed E-state index contributed by atoms with van der Waals surface area (Å²) in [6.45, 7) is 3.58. The number of hydrogen-bond donors (Lipinski definition) is 0. The predicted molar refractivity (Wildman–Crippen MR) is 129 cm³/mol. The first kappa shape index (κ1) is 21.2.